The van der Waals surface area contributed by atoms with Crippen LogP contribution in [0.2, 0.25) is 0 Å². The van der Waals surface area contributed by atoms with Crippen LogP contribution in [-0.2, 0) is 19.1 Å². The number of nitrogens with one attached hydrogen (secondary N) is 2. The second-order valence-corrected chi connectivity index (χ2v) is 6.33. The van der Waals surface area contributed by atoms with Gasteiger partial charge in [-0.3, -0.25) is 4.79 Å². The first-order valence-corrected chi connectivity index (χ1v) is 7.83. The van der Waals surface area contributed by atoms with Gasteiger partial charge in [0, 0.05) is 18.7 Å². The number of rotatable bonds is 6. The van der Waals surface area contributed by atoms with E-state index in [0.717, 1.165) is 0 Å². The van der Waals surface area contributed by atoms with Crippen LogP contribution in [0.3, 0.4) is 0 Å². The van der Waals surface area contributed by atoms with Crippen molar-refractivity contribution < 1.29 is 23.9 Å². The highest BCUT2D eigenvalue weighted by Crippen LogP contribution is 2.18. The lowest BCUT2D eigenvalue weighted by Gasteiger charge is -2.25. The van der Waals surface area contributed by atoms with Crippen molar-refractivity contribution >= 4 is 18.0 Å². The maximum absolute atomic E-state index is 12.0. The molecule has 0 bridgehead atoms. The van der Waals surface area contributed by atoms with E-state index in [9.17, 15) is 14.4 Å². The Morgan fingerprint density at radius 2 is 2.13 bits per heavy atom. The molecule has 1 fully saturated rings. The Morgan fingerprint density at radius 3 is 2.65 bits per heavy atom. The van der Waals surface area contributed by atoms with Crippen LogP contribution in [0.15, 0.2) is 12.2 Å². The molecule has 2 unspecified atom stereocenters. The van der Waals surface area contributed by atoms with Crippen LogP contribution in [0.4, 0.5) is 4.79 Å². The zero-order valence-corrected chi connectivity index (χ0v) is 14.2. The number of hydrogen-bond donors (Lipinski definition) is 2. The predicted molar refractivity (Wildman–Crippen MR) is 84.7 cm³/mol. The minimum Gasteiger partial charge on any atom is -0.463 e. The summed E-state index contributed by atoms with van der Waals surface area (Å²) in [5.41, 5.74) is -0.618. The van der Waals surface area contributed by atoms with Gasteiger partial charge in [0.15, 0.2) is 0 Å². The average Bonchev–Trinajstić information content (AvgIpc) is 2.82. The van der Waals surface area contributed by atoms with Crippen LogP contribution in [0.25, 0.3) is 0 Å². The summed E-state index contributed by atoms with van der Waals surface area (Å²) in [6, 6.07) is -0.432. The van der Waals surface area contributed by atoms with E-state index in [-0.39, 0.29) is 11.8 Å². The molecule has 2 amide bonds. The molecule has 2 N–H and O–H groups in total. The van der Waals surface area contributed by atoms with Gasteiger partial charge in [-0.15, -0.1) is 0 Å². The third-order valence-electron chi connectivity index (χ3n) is 3.21. The Kier molecular flexibility index (Phi) is 7.06. The van der Waals surface area contributed by atoms with Crippen molar-refractivity contribution in [2.24, 2.45) is 5.92 Å². The molecule has 1 saturated heterocycles. The number of carbonyl (C=O) groups is 3. The molecule has 2 atom stereocenters. The largest absolute Gasteiger partial charge is 0.463 e. The lowest BCUT2D eigenvalue weighted by molar-refractivity contribution is -0.137. The van der Waals surface area contributed by atoms with Gasteiger partial charge in [-0.05, 0) is 40.5 Å². The van der Waals surface area contributed by atoms with E-state index in [4.69, 9.17) is 9.47 Å². The SMILES string of the molecule is CCOC(=O)/C=C/CC(NC(=O)OC(C)(C)C)C1CCNC1=O. The molecule has 1 rings (SSSR count). The Balaban J connectivity index is 2.68. The Bertz CT molecular complexity index is 468. The van der Waals surface area contributed by atoms with Gasteiger partial charge in [0.1, 0.15) is 5.60 Å². The van der Waals surface area contributed by atoms with Crippen molar-refractivity contribution in [3.05, 3.63) is 12.2 Å². The fraction of sp³-hybridized carbons (Fsp3) is 0.688. The molecule has 0 radical (unpaired) electrons. The molecule has 7 nitrogen and oxygen atoms in total. The summed E-state index contributed by atoms with van der Waals surface area (Å²) in [6.07, 6.45) is 3.31. The fourth-order valence-corrected chi connectivity index (χ4v) is 2.28. The van der Waals surface area contributed by atoms with Gasteiger partial charge in [0.2, 0.25) is 5.91 Å². The molecule has 23 heavy (non-hydrogen) atoms. The van der Waals surface area contributed by atoms with Gasteiger partial charge in [0.25, 0.3) is 0 Å². The summed E-state index contributed by atoms with van der Waals surface area (Å²) in [4.78, 5) is 35.1. The van der Waals surface area contributed by atoms with Crippen LogP contribution in [0.1, 0.15) is 40.5 Å². The minimum atomic E-state index is -0.618. The van der Waals surface area contributed by atoms with E-state index in [2.05, 4.69) is 10.6 Å². The standard InChI is InChI=1S/C16H26N2O5/c1-5-22-13(19)8-6-7-12(11-9-10-17-14(11)20)18-15(21)23-16(2,3)4/h6,8,11-12H,5,7,9-10H2,1-4H3,(H,17,20)(H,18,21)/b8-6+. The molecular weight excluding hydrogens is 300 g/mol. The summed E-state index contributed by atoms with van der Waals surface area (Å²) in [5, 5.41) is 5.47. The molecule has 130 valence electrons. The van der Waals surface area contributed by atoms with Gasteiger partial charge in [-0.2, -0.15) is 0 Å². The molecule has 1 aliphatic heterocycles. The number of alkyl carbamates (subject to hydrolysis) is 1. The molecule has 7 heteroatoms. The highest BCUT2D eigenvalue weighted by atomic mass is 16.6. The van der Waals surface area contributed by atoms with E-state index >= 15 is 0 Å². The van der Waals surface area contributed by atoms with Crippen molar-refractivity contribution in [2.45, 2.75) is 52.2 Å². The number of amides is 2. The topological polar surface area (TPSA) is 93.7 Å². The molecule has 0 aromatic rings. The van der Waals surface area contributed by atoms with Crippen molar-refractivity contribution in [1.29, 1.82) is 0 Å². The fourth-order valence-electron chi connectivity index (χ4n) is 2.28. The average molecular weight is 326 g/mol. The summed E-state index contributed by atoms with van der Waals surface area (Å²) in [5.74, 6) is -0.885. The normalized spacial score (nSPS) is 19.3. The molecule has 0 spiro atoms. The van der Waals surface area contributed by atoms with Crippen LogP contribution in [-0.4, -0.2) is 42.8 Å². The van der Waals surface area contributed by atoms with E-state index in [0.29, 0.717) is 26.0 Å². The number of hydrogen-bond acceptors (Lipinski definition) is 5. The van der Waals surface area contributed by atoms with Crippen molar-refractivity contribution in [3.8, 4) is 0 Å². The van der Waals surface area contributed by atoms with E-state index in [1.165, 1.54) is 6.08 Å². The second kappa shape index (κ2) is 8.55. The van der Waals surface area contributed by atoms with Crippen LogP contribution in [0, 0.1) is 5.92 Å². The Morgan fingerprint density at radius 1 is 1.43 bits per heavy atom. The Hall–Kier alpha value is -2.05. The van der Waals surface area contributed by atoms with Gasteiger partial charge < -0.3 is 20.1 Å². The molecule has 0 aliphatic carbocycles. The van der Waals surface area contributed by atoms with Gasteiger partial charge in [-0.1, -0.05) is 6.08 Å². The Labute approximate surface area is 136 Å². The zero-order chi connectivity index (χ0) is 17.5. The number of ether oxygens (including phenoxy) is 2. The first kappa shape index (κ1) is 19.0. The molecular formula is C16H26N2O5. The third-order valence-corrected chi connectivity index (χ3v) is 3.21. The van der Waals surface area contributed by atoms with Crippen molar-refractivity contribution in [3.63, 3.8) is 0 Å². The minimum absolute atomic E-state index is 0.101. The molecule has 0 aromatic heterocycles. The molecule has 0 saturated carbocycles. The monoisotopic (exact) mass is 326 g/mol. The zero-order valence-electron chi connectivity index (χ0n) is 14.2. The number of esters is 1. The van der Waals surface area contributed by atoms with Crippen molar-refractivity contribution in [2.75, 3.05) is 13.2 Å². The lowest BCUT2D eigenvalue weighted by atomic mass is 9.95. The van der Waals surface area contributed by atoms with Gasteiger partial charge >= 0.3 is 12.1 Å². The van der Waals surface area contributed by atoms with Crippen molar-refractivity contribution in [1.82, 2.24) is 10.6 Å². The number of carbonyl (C=O) groups excluding carboxylic acids is 3. The third kappa shape index (κ3) is 7.17. The summed E-state index contributed by atoms with van der Waals surface area (Å²) in [7, 11) is 0. The van der Waals surface area contributed by atoms with Crippen LogP contribution >= 0.6 is 0 Å². The molecule has 1 heterocycles. The van der Waals surface area contributed by atoms with Crippen LogP contribution in [0.5, 0.6) is 0 Å². The summed E-state index contributed by atoms with van der Waals surface area (Å²) in [6.45, 7) is 7.91. The highest BCUT2D eigenvalue weighted by Gasteiger charge is 2.33. The molecule has 1 aliphatic rings. The summed E-state index contributed by atoms with van der Waals surface area (Å²) < 4.78 is 10.0. The predicted octanol–water partition coefficient (Wildman–Crippen LogP) is 1.53. The maximum Gasteiger partial charge on any atom is 0.407 e. The second-order valence-electron chi connectivity index (χ2n) is 6.33. The smallest absolute Gasteiger partial charge is 0.407 e. The quantitative estimate of drug-likeness (QED) is 0.570. The lowest BCUT2D eigenvalue weighted by Crippen LogP contribution is -2.44. The summed E-state index contributed by atoms with van der Waals surface area (Å²) >= 11 is 0. The first-order valence-electron chi connectivity index (χ1n) is 7.83. The van der Waals surface area contributed by atoms with E-state index < -0.39 is 23.7 Å². The maximum atomic E-state index is 12.0. The van der Waals surface area contributed by atoms with E-state index in [1.54, 1.807) is 33.8 Å². The highest BCUT2D eigenvalue weighted by molar-refractivity contribution is 5.83. The van der Waals surface area contributed by atoms with Crippen LogP contribution < -0.4 is 10.6 Å². The van der Waals surface area contributed by atoms with Gasteiger partial charge in [0.05, 0.1) is 12.5 Å². The van der Waals surface area contributed by atoms with Gasteiger partial charge in [-0.25, -0.2) is 9.59 Å². The van der Waals surface area contributed by atoms with E-state index in [1.807, 2.05) is 0 Å². The molecule has 0 aromatic carbocycles. The first-order chi connectivity index (χ1) is 10.7.